The Morgan fingerprint density at radius 2 is 1.97 bits per heavy atom. The highest BCUT2D eigenvalue weighted by atomic mass is 35.5. The van der Waals surface area contributed by atoms with Crippen molar-refractivity contribution < 1.29 is 13.2 Å². The molecule has 0 unspecified atom stereocenters. The first kappa shape index (κ1) is 19.9. The van der Waals surface area contributed by atoms with Gasteiger partial charge in [0.05, 0.1) is 9.90 Å². The number of nitrogens with one attached hydrogen (secondary N) is 2. The average Bonchev–Trinajstić information content (AvgIpc) is 3.23. The number of aromatic nitrogens is 4. The van der Waals surface area contributed by atoms with Crippen LogP contribution >= 0.6 is 34.5 Å². The quantitative estimate of drug-likeness (QED) is 0.388. The molecule has 0 bridgehead atoms. The van der Waals surface area contributed by atoms with Gasteiger partial charge in [0, 0.05) is 36.9 Å². The summed E-state index contributed by atoms with van der Waals surface area (Å²) < 4.78 is 37.7. The third kappa shape index (κ3) is 4.47. The summed E-state index contributed by atoms with van der Waals surface area (Å²) >= 11 is 13.7. The Balaban J connectivity index is 1.46. The molecule has 29 heavy (non-hydrogen) atoms. The molecule has 5 nitrogen and oxygen atoms in total. The molecule has 0 radical (unpaired) electrons. The summed E-state index contributed by atoms with van der Waals surface area (Å²) in [7, 11) is 0. The molecule has 0 aliphatic carbocycles. The van der Waals surface area contributed by atoms with E-state index in [1.54, 1.807) is 6.20 Å². The van der Waals surface area contributed by atoms with Crippen LogP contribution in [0.3, 0.4) is 0 Å². The van der Waals surface area contributed by atoms with E-state index in [-0.39, 0.29) is 6.54 Å². The number of nitrogens with zero attached hydrogens (tertiary/aromatic N) is 3. The van der Waals surface area contributed by atoms with Gasteiger partial charge in [-0.15, -0.1) is 11.3 Å². The van der Waals surface area contributed by atoms with Crippen molar-refractivity contribution in [3.63, 3.8) is 0 Å². The number of rotatable bonds is 5. The van der Waals surface area contributed by atoms with Crippen molar-refractivity contribution in [2.75, 3.05) is 5.32 Å². The van der Waals surface area contributed by atoms with E-state index in [1.807, 2.05) is 12.3 Å². The molecule has 4 heterocycles. The molecule has 2 N–H and O–H groups in total. The number of pyridine rings is 2. The van der Waals surface area contributed by atoms with Gasteiger partial charge in [-0.1, -0.05) is 29.3 Å². The van der Waals surface area contributed by atoms with E-state index < -0.39 is 11.9 Å². The molecule has 0 saturated heterocycles. The largest absolute Gasteiger partial charge is 0.433 e. The summed E-state index contributed by atoms with van der Waals surface area (Å²) in [6.45, 7) is 0.279. The lowest BCUT2D eigenvalue weighted by atomic mass is 10.1. The molecule has 4 rings (SSSR count). The molecule has 4 aromatic heterocycles. The van der Waals surface area contributed by atoms with Crippen molar-refractivity contribution in [2.45, 2.75) is 19.1 Å². The van der Waals surface area contributed by atoms with Crippen LogP contribution in [0.5, 0.6) is 0 Å². The summed E-state index contributed by atoms with van der Waals surface area (Å²) in [5.41, 5.74) is 1.40. The fraction of sp³-hybridized carbons (Fsp3) is 0.167. The summed E-state index contributed by atoms with van der Waals surface area (Å²) in [5, 5.41) is 5.46. The van der Waals surface area contributed by atoms with Crippen molar-refractivity contribution in [3.05, 3.63) is 68.7 Å². The number of alkyl halides is 3. The molecule has 11 heteroatoms. The lowest BCUT2D eigenvalue weighted by molar-refractivity contribution is -0.141. The first-order valence-electron chi connectivity index (χ1n) is 8.32. The van der Waals surface area contributed by atoms with E-state index in [0.717, 1.165) is 27.5 Å². The van der Waals surface area contributed by atoms with Crippen LogP contribution in [0.25, 0.3) is 11.0 Å². The Labute approximate surface area is 176 Å². The average molecular weight is 458 g/mol. The number of halogens is 5. The van der Waals surface area contributed by atoms with Crippen LogP contribution in [0.1, 0.15) is 21.7 Å². The predicted octanol–water partition coefficient (Wildman–Crippen LogP) is 5.94. The molecule has 4 aromatic rings. The Morgan fingerprint density at radius 3 is 2.69 bits per heavy atom. The van der Waals surface area contributed by atoms with Crippen molar-refractivity contribution >= 4 is 50.7 Å². The third-order valence-electron chi connectivity index (χ3n) is 4.14. The monoisotopic (exact) mass is 457 g/mol. The van der Waals surface area contributed by atoms with Gasteiger partial charge in [0.2, 0.25) is 0 Å². The number of anilines is 1. The van der Waals surface area contributed by atoms with E-state index in [4.69, 9.17) is 23.2 Å². The van der Waals surface area contributed by atoms with Gasteiger partial charge in [-0.05, 0) is 23.3 Å². The van der Waals surface area contributed by atoms with Crippen molar-refractivity contribution in [1.29, 1.82) is 0 Å². The lowest BCUT2D eigenvalue weighted by Crippen LogP contribution is -2.08. The minimum atomic E-state index is -4.45. The number of H-pyrrole nitrogens is 1. The summed E-state index contributed by atoms with van der Waals surface area (Å²) in [6.07, 6.45) is 0.704. The number of thiazole rings is 1. The predicted molar refractivity (Wildman–Crippen MR) is 108 cm³/mol. The summed E-state index contributed by atoms with van der Waals surface area (Å²) in [4.78, 5) is 15.9. The normalized spacial score (nSPS) is 11.9. The van der Waals surface area contributed by atoms with Crippen LogP contribution in [0, 0.1) is 0 Å². The number of aromatic amines is 1. The molecule has 0 amide bonds. The molecular weight excluding hydrogens is 446 g/mol. The van der Waals surface area contributed by atoms with Crippen molar-refractivity contribution in [3.8, 4) is 0 Å². The Bertz CT molecular complexity index is 1150. The van der Waals surface area contributed by atoms with Crippen LogP contribution in [0.15, 0.2) is 36.8 Å². The molecule has 0 aliphatic heterocycles. The highest BCUT2D eigenvalue weighted by molar-refractivity contribution is 7.16. The molecule has 0 saturated carbocycles. The van der Waals surface area contributed by atoms with Gasteiger partial charge in [-0.2, -0.15) is 13.2 Å². The molecule has 0 atom stereocenters. The summed E-state index contributed by atoms with van der Waals surface area (Å²) in [5.74, 6) is 0. The second kappa shape index (κ2) is 7.81. The minimum Gasteiger partial charge on any atom is -0.357 e. The van der Waals surface area contributed by atoms with Gasteiger partial charge in [0.15, 0.2) is 5.13 Å². The Morgan fingerprint density at radius 1 is 1.14 bits per heavy atom. The van der Waals surface area contributed by atoms with E-state index in [0.29, 0.717) is 27.3 Å². The molecule has 150 valence electrons. The van der Waals surface area contributed by atoms with E-state index in [9.17, 15) is 13.2 Å². The van der Waals surface area contributed by atoms with Crippen LogP contribution in [-0.4, -0.2) is 19.9 Å². The van der Waals surface area contributed by atoms with Gasteiger partial charge in [0.25, 0.3) is 0 Å². The standard InChI is InChI=1S/C18H12Cl2F3N5S/c19-11-4-12-10(7-25-16(12)26-8-11)3-13-15(20)28-17(29-13)27-6-9-1-2-14(24-5-9)18(21,22)23/h1-2,4-5,7-8H,3,6H2,(H,25,26)(H,27,28). The highest BCUT2D eigenvalue weighted by Crippen LogP contribution is 2.32. The van der Waals surface area contributed by atoms with Crippen LogP contribution < -0.4 is 5.32 Å². The molecule has 0 aliphatic rings. The number of hydrogen-bond donors (Lipinski definition) is 2. The van der Waals surface area contributed by atoms with Crippen molar-refractivity contribution in [1.82, 2.24) is 19.9 Å². The summed E-state index contributed by atoms with van der Waals surface area (Å²) in [6, 6.07) is 4.16. The van der Waals surface area contributed by atoms with Gasteiger partial charge >= 0.3 is 6.18 Å². The Hall–Kier alpha value is -2.36. The zero-order chi connectivity index (χ0) is 20.6. The first-order chi connectivity index (χ1) is 13.8. The lowest BCUT2D eigenvalue weighted by Gasteiger charge is -2.07. The zero-order valence-electron chi connectivity index (χ0n) is 14.5. The Kier molecular flexibility index (Phi) is 5.37. The highest BCUT2D eigenvalue weighted by Gasteiger charge is 2.31. The minimum absolute atomic E-state index is 0.279. The van der Waals surface area contributed by atoms with Crippen molar-refractivity contribution in [2.24, 2.45) is 0 Å². The maximum atomic E-state index is 12.6. The SMILES string of the molecule is FC(F)(F)c1ccc(CNc2nc(Cl)c(Cc3c[nH]c4ncc(Cl)cc34)s2)cn1. The number of hydrogen-bond acceptors (Lipinski definition) is 5. The van der Waals surface area contributed by atoms with Gasteiger partial charge < -0.3 is 10.3 Å². The zero-order valence-corrected chi connectivity index (χ0v) is 16.8. The van der Waals surface area contributed by atoms with E-state index in [1.165, 1.54) is 23.6 Å². The second-order valence-corrected chi connectivity index (χ2v) is 8.05. The second-order valence-electron chi connectivity index (χ2n) is 6.18. The maximum absolute atomic E-state index is 12.6. The van der Waals surface area contributed by atoms with Crippen LogP contribution in [0.2, 0.25) is 10.2 Å². The maximum Gasteiger partial charge on any atom is 0.433 e. The first-order valence-corrected chi connectivity index (χ1v) is 9.89. The van der Waals surface area contributed by atoms with Gasteiger partial charge in [-0.25, -0.2) is 9.97 Å². The third-order valence-corrected chi connectivity index (χ3v) is 5.79. The van der Waals surface area contributed by atoms with Crippen LogP contribution in [-0.2, 0) is 19.1 Å². The van der Waals surface area contributed by atoms with Crippen LogP contribution in [0.4, 0.5) is 18.3 Å². The molecule has 0 spiro atoms. The van der Waals surface area contributed by atoms with E-state index >= 15 is 0 Å². The fourth-order valence-electron chi connectivity index (χ4n) is 2.74. The smallest absolute Gasteiger partial charge is 0.357 e. The topological polar surface area (TPSA) is 66.5 Å². The van der Waals surface area contributed by atoms with E-state index in [2.05, 4.69) is 25.3 Å². The fourth-order valence-corrected chi connectivity index (χ4v) is 4.09. The van der Waals surface area contributed by atoms with Gasteiger partial charge in [-0.3, -0.25) is 4.98 Å². The van der Waals surface area contributed by atoms with Gasteiger partial charge in [0.1, 0.15) is 16.5 Å². The molecule has 0 fully saturated rings. The number of fused-ring (bicyclic) bond motifs is 1. The molecule has 0 aromatic carbocycles. The molecular formula is C18H12Cl2F3N5S.